The molecule has 0 nitrogen and oxygen atoms in total. The number of hydrogen-bond acceptors (Lipinski definition) is 0. The second-order valence-electron chi connectivity index (χ2n) is 3.26. The highest BCUT2D eigenvalue weighted by atomic mass is 127. The Labute approximate surface area is 214 Å². The second-order valence-corrected chi connectivity index (χ2v) is 11.9. The first-order valence-electron chi connectivity index (χ1n) is 4.26. The molecule has 0 fully saturated rings. The average Bonchev–Trinajstić information content (AvgIpc) is 2.35. The van der Waals surface area contributed by atoms with Crippen LogP contribution in [0.2, 0.25) is 0 Å². The molecule has 0 saturated carbocycles. The van der Waals surface area contributed by atoms with Crippen LogP contribution in [-0.2, 0) is 0 Å². The van der Waals surface area contributed by atoms with Crippen molar-refractivity contribution in [1.82, 2.24) is 0 Å². The Kier molecular flexibility index (Phi) is 7.99. The summed E-state index contributed by atoms with van der Waals surface area (Å²) in [6.45, 7) is 0. The maximum absolute atomic E-state index is 2.49. The summed E-state index contributed by atoms with van der Waals surface area (Å²) in [4.78, 5) is 0. The Morgan fingerprint density at radius 1 is 0.278 bits per heavy atom. The van der Waals surface area contributed by atoms with Gasteiger partial charge in [-0.2, -0.15) is 0 Å². The van der Waals surface area contributed by atoms with E-state index in [4.69, 9.17) is 0 Å². The molecule has 0 aliphatic carbocycles. The van der Waals surface area contributed by atoms with E-state index in [-0.39, 0.29) is 0 Å². The largest absolute Gasteiger partial charge is 0.0424 e. The lowest BCUT2D eigenvalue weighted by Gasteiger charge is -2.15. The summed E-state index contributed by atoms with van der Waals surface area (Å²) in [7, 11) is 0. The first kappa shape index (κ1) is 18.9. The number of halogens is 8. The molecule has 0 radical (unpaired) electrons. The van der Waals surface area contributed by atoms with Gasteiger partial charge in [-0.3, -0.25) is 0 Å². The normalized spacial score (nSPS) is 11.3. The van der Waals surface area contributed by atoms with E-state index in [1.54, 1.807) is 0 Å². The zero-order chi connectivity index (χ0) is 13.8. The van der Waals surface area contributed by atoms with Gasteiger partial charge in [-0.1, -0.05) is 0 Å². The van der Waals surface area contributed by atoms with Crippen LogP contribution >= 0.6 is 181 Å². The summed E-state index contributed by atoms with van der Waals surface area (Å²) in [5.74, 6) is 0. The van der Waals surface area contributed by atoms with Crippen molar-refractivity contribution in [2.45, 2.75) is 0 Å². The van der Waals surface area contributed by atoms with Crippen LogP contribution in [0.25, 0.3) is 10.8 Å². The van der Waals surface area contributed by atoms with Gasteiger partial charge in [0.2, 0.25) is 0 Å². The van der Waals surface area contributed by atoms with Crippen molar-refractivity contribution < 1.29 is 0 Å². The minimum atomic E-state index is 1.37. The topological polar surface area (TPSA) is 0 Å². The van der Waals surface area contributed by atoms with E-state index in [9.17, 15) is 0 Å². The SMILES string of the molecule is Ic1c(I)c(I)c2c(I)c(I)c(I)c(I)c2c1I. The van der Waals surface area contributed by atoms with Crippen molar-refractivity contribution in [2.24, 2.45) is 0 Å². The fourth-order valence-electron chi connectivity index (χ4n) is 1.46. The molecule has 8 heteroatoms. The molecule has 0 amide bonds. The Hall–Kier alpha value is 4.54. The lowest BCUT2D eigenvalue weighted by Crippen LogP contribution is -2.01. The molecule has 0 spiro atoms. The van der Waals surface area contributed by atoms with Gasteiger partial charge in [0.25, 0.3) is 0 Å². The van der Waals surface area contributed by atoms with Crippen LogP contribution in [0.5, 0.6) is 0 Å². The van der Waals surface area contributed by atoms with Crippen LogP contribution in [0.1, 0.15) is 0 Å². The van der Waals surface area contributed by atoms with Gasteiger partial charge >= 0.3 is 0 Å². The minimum Gasteiger partial charge on any atom is -0.0424 e. The van der Waals surface area contributed by atoms with E-state index < -0.39 is 0 Å². The maximum Gasteiger partial charge on any atom is 0.0415 e. The molecule has 0 aliphatic heterocycles. The number of benzene rings is 2. The van der Waals surface area contributed by atoms with Gasteiger partial charge in [0.15, 0.2) is 0 Å². The predicted octanol–water partition coefficient (Wildman–Crippen LogP) is 7.68. The third-order valence-electron chi connectivity index (χ3n) is 2.28. The monoisotopic (exact) mass is 1140 g/mol. The van der Waals surface area contributed by atoms with Crippen molar-refractivity contribution in [3.8, 4) is 0 Å². The molecule has 0 aliphatic rings. The highest BCUT2D eigenvalue weighted by molar-refractivity contribution is 14.1. The fraction of sp³-hybridized carbons (Fsp3) is 0. The van der Waals surface area contributed by atoms with Crippen LogP contribution in [0.3, 0.4) is 0 Å². The first-order valence-corrected chi connectivity index (χ1v) is 12.9. The van der Waals surface area contributed by atoms with E-state index in [0.717, 1.165) is 0 Å². The van der Waals surface area contributed by atoms with Crippen LogP contribution in [0.4, 0.5) is 0 Å². The molecule has 18 heavy (non-hydrogen) atoms. The summed E-state index contributed by atoms with van der Waals surface area (Å²) in [6, 6.07) is 0. The summed E-state index contributed by atoms with van der Waals surface area (Å²) >= 11 is 19.8. The van der Waals surface area contributed by atoms with Gasteiger partial charge in [-0.05, 0) is 181 Å². The van der Waals surface area contributed by atoms with Crippen LogP contribution in [0, 0.1) is 28.6 Å². The minimum absolute atomic E-state index is 1.37. The van der Waals surface area contributed by atoms with E-state index >= 15 is 0 Å². The molecule has 2 aromatic rings. The Morgan fingerprint density at radius 3 is 0.611 bits per heavy atom. The van der Waals surface area contributed by atoms with Crippen LogP contribution in [-0.4, -0.2) is 0 Å². The summed E-state index contributed by atoms with van der Waals surface area (Å²) in [5, 5.41) is 2.83. The molecule has 0 unspecified atom stereocenters. The highest BCUT2D eigenvalue weighted by Crippen LogP contribution is 2.42. The Bertz CT molecular complexity index is 563. The molecule has 0 saturated heterocycles. The Morgan fingerprint density at radius 2 is 0.444 bits per heavy atom. The highest BCUT2D eigenvalue weighted by Gasteiger charge is 2.21. The van der Waals surface area contributed by atoms with E-state index in [0.29, 0.717) is 0 Å². The zero-order valence-corrected chi connectivity index (χ0v) is 25.3. The van der Waals surface area contributed by atoms with E-state index in [1.165, 1.54) is 39.3 Å². The summed E-state index contributed by atoms with van der Waals surface area (Å²) < 4.78 is 11.0. The van der Waals surface area contributed by atoms with Gasteiger partial charge in [0.05, 0.1) is 0 Å². The number of fused-ring (bicyclic) bond motifs is 1. The molecule has 2 rings (SSSR count). The predicted molar refractivity (Wildman–Crippen MR) is 146 cm³/mol. The molecule has 2 aromatic carbocycles. The average molecular weight is 1140 g/mol. The molecule has 0 atom stereocenters. The van der Waals surface area contributed by atoms with Crippen molar-refractivity contribution in [3.63, 3.8) is 0 Å². The summed E-state index contributed by atoms with van der Waals surface area (Å²) in [5.41, 5.74) is 0. The van der Waals surface area contributed by atoms with E-state index in [1.807, 2.05) is 0 Å². The maximum atomic E-state index is 2.49. The van der Waals surface area contributed by atoms with Gasteiger partial charge in [-0.15, -0.1) is 0 Å². The standard InChI is InChI=1S/C10I8/c11-3-1-2(5(13)9(17)7(3)15)6(14)10(18)8(16)4(1)12. The van der Waals surface area contributed by atoms with Crippen LogP contribution < -0.4 is 0 Å². The second kappa shape index (κ2) is 7.62. The third kappa shape index (κ3) is 3.33. The van der Waals surface area contributed by atoms with Crippen molar-refractivity contribution >= 4 is 191 Å². The molecular weight excluding hydrogens is 1140 g/mol. The van der Waals surface area contributed by atoms with Gasteiger partial charge in [0.1, 0.15) is 0 Å². The first-order chi connectivity index (χ1) is 8.29. The summed E-state index contributed by atoms with van der Waals surface area (Å²) in [6.07, 6.45) is 0. The van der Waals surface area contributed by atoms with Crippen molar-refractivity contribution in [1.29, 1.82) is 0 Å². The number of hydrogen-bond donors (Lipinski definition) is 0. The lowest BCUT2D eigenvalue weighted by molar-refractivity contribution is 1.47. The Balaban J connectivity index is 3.22. The molecule has 96 valence electrons. The van der Waals surface area contributed by atoms with Gasteiger partial charge in [-0.25, -0.2) is 0 Å². The molecular formula is C10I8. The fourth-order valence-corrected chi connectivity index (χ4v) is 9.95. The van der Waals surface area contributed by atoms with Gasteiger partial charge in [0, 0.05) is 39.3 Å². The van der Waals surface area contributed by atoms with Gasteiger partial charge < -0.3 is 0 Å². The van der Waals surface area contributed by atoms with Crippen LogP contribution in [0.15, 0.2) is 0 Å². The van der Waals surface area contributed by atoms with E-state index in [2.05, 4.69) is 181 Å². The molecule has 0 N–H and O–H groups in total. The smallest absolute Gasteiger partial charge is 0.0415 e. The van der Waals surface area contributed by atoms with Crippen molar-refractivity contribution in [2.75, 3.05) is 0 Å². The lowest BCUT2D eigenvalue weighted by atomic mass is 10.1. The number of rotatable bonds is 0. The van der Waals surface area contributed by atoms with Crippen molar-refractivity contribution in [3.05, 3.63) is 28.6 Å². The quantitative estimate of drug-likeness (QED) is 0.145. The molecule has 0 heterocycles. The molecule has 0 aromatic heterocycles. The molecule has 0 bridgehead atoms. The zero-order valence-electron chi connectivity index (χ0n) is 8.02. The third-order valence-corrected chi connectivity index (χ3v) is 17.1.